The Labute approximate surface area is 189 Å². The van der Waals surface area contributed by atoms with E-state index < -0.39 is 0 Å². The number of carbonyl (C=O) groups excluding carboxylic acids is 2. The first kappa shape index (κ1) is 22.3. The second kappa shape index (κ2) is 10.6. The van der Waals surface area contributed by atoms with Crippen LogP contribution in [0, 0.1) is 0 Å². The summed E-state index contributed by atoms with van der Waals surface area (Å²) in [4.78, 5) is 33.6. The average molecular weight is 438 g/mol. The van der Waals surface area contributed by atoms with Crippen molar-refractivity contribution in [1.29, 1.82) is 0 Å². The van der Waals surface area contributed by atoms with E-state index >= 15 is 0 Å². The second-order valence-corrected chi connectivity index (χ2v) is 8.33. The van der Waals surface area contributed by atoms with E-state index in [1.807, 2.05) is 41.0 Å². The maximum atomic E-state index is 13.3. The van der Waals surface area contributed by atoms with Crippen molar-refractivity contribution in [2.24, 2.45) is 0 Å². The number of amides is 2. The lowest BCUT2D eigenvalue weighted by Gasteiger charge is -2.33. The van der Waals surface area contributed by atoms with Crippen LogP contribution in [0.25, 0.3) is 0 Å². The summed E-state index contributed by atoms with van der Waals surface area (Å²) in [5.74, 6) is 0.586. The molecule has 2 aliphatic rings. The topological polar surface area (TPSA) is 72.0 Å². The largest absolute Gasteiger partial charge is 0.489 e. The number of pyridine rings is 1. The Morgan fingerprint density at radius 3 is 2.66 bits per heavy atom. The molecule has 0 radical (unpaired) electrons. The predicted molar refractivity (Wildman–Crippen MR) is 121 cm³/mol. The third-order valence-electron chi connectivity index (χ3n) is 6.17. The molecular weight excluding hydrogens is 406 g/mol. The lowest BCUT2D eigenvalue weighted by Crippen LogP contribution is -2.42. The fourth-order valence-electron chi connectivity index (χ4n) is 4.33. The molecule has 1 atom stereocenters. The fraction of sp³-hybridized carbons (Fsp3) is 0.480. The third kappa shape index (κ3) is 5.27. The first-order valence-electron chi connectivity index (χ1n) is 11.5. The molecule has 7 nitrogen and oxygen atoms in total. The van der Waals surface area contributed by atoms with Crippen molar-refractivity contribution >= 4 is 11.8 Å². The minimum Gasteiger partial charge on any atom is -0.489 e. The van der Waals surface area contributed by atoms with E-state index in [-0.39, 0.29) is 24.0 Å². The number of para-hydroxylation sites is 1. The summed E-state index contributed by atoms with van der Waals surface area (Å²) >= 11 is 0. The van der Waals surface area contributed by atoms with Gasteiger partial charge in [-0.05, 0) is 44.0 Å². The van der Waals surface area contributed by atoms with Gasteiger partial charge in [-0.3, -0.25) is 14.6 Å². The molecule has 2 amide bonds. The van der Waals surface area contributed by atoms with Gasteiger partial charge in [-0.2, -0.15) is 0 Å². The zero-order chi connectivity index (χ0) is 22.3. The summed E-state index contributed by atoms with van der Waals surface area (Å²) in [5, 5.41) is 0. The van der Waals surface area contributed by atoms with Gasteiger partial charge in [0.15, 0.2) is 0 Å². The van der Waals surface area contributed by atoms with Crippen LogP contribution in [0.15, 0.2) is 48.8 Å². The van der Waals surface area contributed by atoms with Crippen molar-refractivity contribution in [1.82, 2.24) is 14.8 Å². The van der Waals surface area contributed by atoms with E-state index in [9.17, 15) is 9.59 Å². The highest BCUT2D eigenvalue weighted by Gasteiger charge is 2.28. The van der Waals surface area contributed by atoms with Crippen LogP contribution < -0.4 is 4.74 Å². The van der Waals surface area contributed by atoms with E-state index in [1.54, 1.807) is 24.5 Å². The zero-order valence-electron chi connectivity index (χ0n) is 18.6. The van der Waals surface area contributed by atoms with Crippen LogP contribution in [0.3, 0.4) is 0 Å². The lowest BCUT2D eigenvalue weighted by atomic mass is 10.1. The number of nitrogens with zero attached hydrogens (tertiary/aromatic N) is 3. The molecule has 1 aromatic carbocycles. The Balaban J connectivity index is 1.37. The van der Waals surface area contributed by atoms with E-state index in [0.717, 1.165) is 32.3 Å². The molecule has 0 unspecified atom stereocenters. The van der Waals surface area contributed by atoms with Gasteiger partial charge in [0.2, 0.25) is 0 Å². The molecule has 0 N–H and O–H groups in total. The van der Waals surface area contributed by atoms with E-state index in [1.165, 1.54) is 0 Å². The van der Waals surface area contributed by atoms with Crippen LogP contribution in [0.4, 0.5) is 0 Å². The third-order valence-corrected chi connectivity index (χ3v) is 6.17. The van der Waals surface area contributed by atoms with Gasteiger partial charge in [0.1, 0.15) is 11.9 Å². The predicted octanol–water partition coefficient (Wildman–Crippen LogP) is 3.41. The van der Waals surface area contributed by atoms with Gasteiger partial charge in [-0.15, -0.1) is 0 Å². The molecule has 4 rings (SSSR count). The molecule has 0 spiro atoms. The summed E-state index contributed by atoms with van der Waals surface area (Å²) < 4.78 is 12.0. The molecular formula is C25H31N3O4. The number of rotatable bonds is 7. The van der Waals surface area contributed by atoms with Crippen molar-refractivity contribution in [3.8, 4) is 5.75 Å². The normalized spacial score (nSPS) is 19.0. The number of carbonyl (C=O) groups is 2. The molecule has 0 bridgehead atoms. The molecule has 0 aliphatic carbocycles. The molecule has 1 aromatic heterocycles. The van der Waals surface area contributed by atoms with Crippen LogP contribution >= 0.6 is 0 Å². The molecule has 32 heavy (non-hydrogen) atoms. The Hall–Kier alpha value is -2.93. The van der Waals surface area contributed by atoms with Gasteiger partial charge < -0.3 is 19.3 Å². The number of likely N-dealkylation sites (N-methyl/N-ethyl adjacent to an activating group) is 1. The number of ether oxygens (including phenoxy) is 2. The number of hydrogen-bond donors (Lipinski definition) is 0. The Bertz CT molecular complexity index is 906. The van der Waals surface area contributed by atoms with Gasteiger partial charge in [0.25, 0.3) is 11.8 Å². The van der Waals surface area contributed by atoms with E-state index in [2.05, 4.69) is 4.98 Å². The van der Waals surface area contributed by atoms with Crippen LogP contribution in [0.2, 0.25) is 0 Å². The van der Waals surface area contributed by atoms with E-state index in [4.69, 9.17) is 9.47 Å². The van der Waals surface area contributed by atoms with Crippen molar-refractivity contribution in [2.45, 2.75) is 44.8 Å². The highest BCUT2D eigenvalue weighted by atomic mass is 16.5. The van der Waals surface area contributed by atoms with Gasteiger partial charge in [-0.1, -0.05) is 12.1 Å². The van der Waals surface area contributed by atoms with Gasteiger partial charge in [-0.25, -0.2) is 0 Å². The quantitative estimate of drug-likeness (QED) is 0.664. The van der Waals surface area contributed by atoms with Gasteiger partial charge >= 0.3 is 0 Å². The van der Waals surface area contributed by atoms with Crippen LogP contribution in [-0.4, -0.2) is 71.6 Å². The van der Waals surface area contributed by atoms with Crippen molar-refractivity contribution in [3.05, 3.63) is 59.9 Å². The first-order chi connectivity index (χ1) is 15.7. The standard InChI is InChI=1S/C25H31N3O4/c1-2-27(18-21-8-6-16-31-21)25(30)22-9-3-4-10-23(22)32-20-11-14-28(15-12-20)24(29)19-7-5-13-26-17-19/h3-5,7,9-10,13,17,20-21H,2,6,8,11-12,14-16,18H2,1H3/t21-/m1/s1. The molecule has 2 saturated heterocycles. The Morgan fingerprint density at radius 2 is 1.97 bits per heavy atom. The number of piperidine rings is 1. The fourth-order valence-corrected chi connectivity index (χ4v) is 4.33. The summed E-state index contributed by atoms with van der Waals surface area (Å²) in [6.07, 6.45) is 6.85. The minimum absolute atomic E-state index is 0.000142. The molecule has 3 heterocycles. The van der Waals surface area contributed by atoms with Crippen molar-refractivity contribution in [2.75, 3.05) is 32.8 Å². The van der Waals surface area contributed by atoms with Crippen LogP contribution in [-0.2, 0) is 4.74 Å². The van der Waals surface area contributed by atoms with Crippen molar-refractivity contribution < 1.29 is 19.1 Å². The first-order valence-corrected chi connectivity index (χ1v) is 11.5. The molecule has 2 fully saturated rings. The van der Waals surface area contributed by atoms with Crippen LogP contribution in [0.1, 0.15) is 53.3 Å². The maximum absolute atomic E-state index is 13.3. The maximum Gasteiger partial charge on any atom is 0.257 e. The van der Waals surface area contributed by atoms with Crippen molar-refractivity contribution in [3.63, 3.8) is 0 Å². The number of benzene rings is 1. The number of likely N-dealkylation sites (tertiary alicyclic amines) is 1. The summed E-state index contributed by atoms with van der Waals surface area (Å²) in [5.41, 5.74) is 1.19. The summed E-state index contributed by atoms with van der Waals surface area (Å²) in [6.45, 7) is 5.24. The minimum atomic E-state index is -0.0323. The molecule has 170 valence electrons. The SMILES string of the molecule is CCN(C[C@H]1CCCO1)C(=O)c1ccccc1OC1CCN(C(=O)c2cccnc2)CC1. The van der Waals surface area contributed by atoms with E-state index in [0.29, 0.717) is 43.1 Å². The molecule has 7 heteroatoms. The monoisotopic (exact) mass is 437 g/mol. The molecule has 2 aromatic rings. The lowest BCUT2D eigenvalue weighted by molar-refractivity contribution is 0.0523. The molecule has 2 aliphatic heterocycles. The molecule has 0 saturated carbocycles. The Morgan fingerprint density at radius 1 is 1.16 bits per heavy atom. The number of aromatic nitrogens is 1. The average Bonchev–Trinajstić information content (AvgIpc) is 3.36. The van der Waals surface area contributed by atoms with Gasteiger partial charge in [0, 0.05) is 58.0 Å². The highest BCUT2D eigenvalue weighted by molar-refractivity contribution is 5.97. The number of hydrogen-bond acceptors (Lipinski definition) is 5. The highest BCUT2D eigenvalue weighted by Crippen LogP contribution is 2.25. The summed E-state index contributed by atoms with van der Waals surface area (Å²) in [7, 11) is 0. The van der Waals surface area contributed by atoms with Crippen LogP contribution in [0.5, 0.6) is 5.75 Å². The Kier molecular flexibility index (Phi) is 7.37. The second-order valence-electron chi connectivity index (χ2n) is 8.33. The summed E-state index contributed by atoms with van der Waals surface area (Å²) in [6, 6.07) is 11.0. The zero-order valence-corrected chi connectivity index (χ0v) is 18.6. The smallest absolute Gasteiger partial charge is 0.257 e. The van der Waals surface area contributed by atoms with Gasteiger partial charge in [0.05, 0.1) is 17.2 Å².